The number of fused-ring (bicyclic) bond motifs is 4. The van der Waals surface area contributed by atoms with Gasteiger partial charge in [0.15, 0.2) is 0 Å². The molecule has 612 valence electrons. The molecule has 0 amide bonds. The number of hydrogen-bond acceptors (Lipinski definition) is 12. The zero-order chi connectivity index (χ0) is 87.0. The molecule has 12 heteroatoms. The van der Waals surface area contributed by atoms with E-state index in [1.165, 1.54) is 44.5 Å². The van der Waals surface area contributed by atoms with Gasteiger partial charge in [0, 0.05) is 93.4 Å². The second-order valence-electron chi connectivity index (χ2n) is 34.0. The first-order valence-electron chi connectivity index (χ1n) is 42.7. The molecule has 0 aliphatic carbocycles. The largest absolute Gasteiger partial charge is 0.265 e. The Morgan fingerprint density at radius 2 is 0.421 bits per heavy atom. The van der Waals surface area contributed by atoms with E-state index in [9.17, 15) is 0 Å². The third kappa shape index (κ3) is 18.4. The lowest BCUT2D eigenvalue weighted by atomic mass is 9.80. The maximum atomic E-state index is 5.39. The summed E-state index contributed by atoms with van der Waals surface area (Å²) >= 11 is 0. The maximum Gasteiger partial charge on any atom is 0.0973 e. The Kier molecular flexibility index (Phi) is 23.9. The van der Waals surface area contributed by atoms with Gasteiger partial charge < -0.3 is 0 Å². The van der Waals surface area contributed by atoms with Gasteiger partial charge in [-0.05, 0) is 209 Å². The van der Waals surface area contributed by atoms with Crippen molar-refractivity contribution in [1.82, 2.24) is 59.8 Å². The van der Waals surface area contributed by atoms with Gasteiger partial charge in [-0.2, -0.15) is 0 Å². The van der Waals surface area contributed by atoms with E-state index >= 15 is 0 Å². The van der Waals surface area contributed by atoms with Crippen LogP contribution in [0.4, 0.5) is 0 Å². The van der Waals surface area contributed by atoms with Crippen molar-refractivity contribution in [3.8, 4) is 135 Å². The summed E-state index contributed by atoms with van der Waals surface area (Å²) in [6, 6.07) is 111. The first kappa shape index (κ1) is 82.9. The molecule has 0 atom stereocenters. The normalized spacial score (nSPS) is 11.3. The highest BCUT2D eigenvalue weighted by Crippen LogP contribution is 2.42. The minimum Gasteiger partial charge on any atom is -0.265 e. The van der Waals surface area contributed by atoms with E-state index in [2.05, 4.69) is 315 Å². The van der Waals surface area contributed by atoms with E-state index in [1.807, 2.05) is 146 Å². The average Bonchev–Trinajstić information content (AvgIpc) is 0.732. The summed E-state index contributed by atoms with van der Waals surface area (Å²) in [7, 11) is 0. The Bertz CT molecular complexity index is 6730. The molecule has 0 saturated heterocycles. The number of hydrogen-bond donors (Lipinski definition) is 0. The molecule has 8 aromatic heterocycles. The van der Waals surface area contributed by atoms with Crippen LogP contribution in [0.1, 0.15) is 86.1 Å². The molecule has 126 heavy (non-hydrogen) atoms. The number of pyridine rings is 4. The van der Waals surface area contributed by atoms with Crippen LogP contribution in [0.2, 0.25) is 0 Å². The fourth-order valence-corrected chi connectivity index (χ4v) is 15.7. The predicted octanol–water partition coefficient (Wildman–Crippen LogP) is 28.5. The van der Waals surface area contributed by atoms with Gasteiger partial charge in [0.1, 0.15) is 0 Å². The van der Waals surface area contributed by atoms with Gasteiger partial charge >= 0.3 is 0 Å². The van der Waals surface area contributed by atoms with Crippen molar-refractivity contribution in [1.29, 1.82) is 0 Å². The first-order valence-corrected chi connectivity index (χ1v) is 42.7. The second kappa shape index (κ2) is 36.3. The quantitative estimate of drug-likeness (QED) is 0.114. The summed E-state index contributed by atoms with van der Waals surface area (Å²) in [6.07, 6.45) is 12.8. The lowest BCUT2D eigenvalue weighted by molar-refractivity contribution is 0.583. The van der Waals surface area contributed by atoms with Crippen LogP contribution in [0.25, 0.3) is 179 Å². The Morgan fingerprint density at radius 1 is 0.183 bits per heavy atom. The molecule has 0 fully saturated rings. The van der Waals surface area contributed by atoms with Crippen LogP contribution < -0.4 is 0 Å². The van der Waals surface area contributed by atoms with Crippen LogP contribution in [-0.2, 0) is 10.8 Å². The molecule has 0 aliphatic rings. The Morgan fingerprint density at radius 3 is 0.683 bits per heavy atom. The second-order valence-corrected chi connectivity index (χ2v) is 34.0. The average molecular weight is 1630 g/mol. The van der Waals surface area contributed by atoms with E-state index in [1.54, 1.807) is 6.20 Å². The molecular formula is C114H96N12. The molecule has 0 spiro atoms. The van der Waals surface area contributed by atoms with E-state index < -0.39 is 0 Å². The molecule has 20 aromatic rings. The van der Waals surface area contributed by atoms with Crippen LogP contribution in [0.15, 0.2) is 365 Å². The Labute approximate surface area is 737 Å². The van der Waals surface area contributed by atoms with Crippen LogP contribution >= 0.6 is 0 Å². The zero-order valence-corrected chi connectivity index (χ0v) is 73.0. The minimum absolute atomic E-state index is 0.0506. The van der Waals surface area contributed by atoms with Crippen molar-refractivity contribution in [2.45, 2.75) is 93.9 Å². The van der Waals surface area contributed by atoms with Gasteiger partial charge in [0.05, 0.1) is 95.4 Å². The monoisotopic (exact) mass is 1630 g/mol. The minimum atomic E-state index is -0.0555. The number of nitrogens with zero attached hydrogens (tertiary/aromatic N) is 12. The number of benzene rings is 12. The van der Waals surface area contributed by atoms with Crippen LogP contribution in [0.5, 0.6) is 0 Å². The van der Waals surface area contributed by atoms with Gasteiger partial charge in [-0.3, -0.25) is 19.9 Å². The molecule has 8 heterocycles. The van der Waals surface area contributed by atoms with Crippen molar-refractivity contribution in [2.75, 3.05) is 0 Å². The fraction of sp³-hybridized carbons (Fsp3) is 0.123. The molecule has 0 unspecified atom stereocenters. The lowest BCUT2D eigenvalue weighted by Crippen LogP contribution is -2.17. The van der Waals surface area contributed by atoms with Gasteiger partial charge in [-0.15, -0.1) is 0 Å². The van der Waals surface area contributed by atoms with Crippen LogP contribution in [0, 0.1) is 41.5 Å². The molecule has 0 saturated carbocycles. The number of rotatable bonds is 12. The highest BCUT2D eigenvalue weighted by Gasteiger charge is 2.28. The summed E-state index contributed by atoms with van der Waals surface area (Å²) in [4.78, 5) is 57.9. The molecule has 0 aliphatic heterocycles. The van der Waals surface area contributed by atoms with Crippen molar-refractivity contribution >= 4 is 44.1 Å². The first-order chi connectivity index (χ1) is 61.2. The van der Waals surface area contributed by atoms with E-state index in [0.717, 1.165) is 179 Å². The highest BCUT2D eigenvalue weighted by molar-refractivity contribution is 5.94. The molecule has 0 N–H and O–H groups in total. The van der Waals surface area contributed by atoms with Gasteiger partial charge in [0.2, 0.25) is 0 Å². The van der Waals surface area contributed by atoms with Crippen molar-refractivity contribution in [3.05, 3.63) is 409 Å². The van der Waals surface area contributed by atoms with Crippen LogP contribution in [0.3, 0.4) is 0 Å². The van der Waals surface area contributed by atoms with Gasteiger partial charge in [-0.25, -0.2) is 39.9 Å². The SMILES string of the molecule is CC(C)(C)c1ccc(C(C)(C)C)c2nc(-c3ccc(-c4ccncc4)cc3)c(-c3ccccc3)nc12.Cc1cc2nc(-c3ccccc3)c(-c3ccc(-c4ccccn4)cc3)nc2cc1C.Cc1cc2nc(-c3ccccc3)c(-c3ccc(-c4cccnc4)cc3)nc2cc1C.Cc1cc2nc(-c3ccccc3)c(-c3ccc(-c4ccncc4)cc3)nc2cc1C. The molecule has 12 nitrogen and oxygen atoms in total. The number of aromatic nitrogens is 12. The summed E-state index contributed by atoms with van der Waals surface area (Å²) < 4.78 is 0. The summed E-state index contributed by atoms with van der Waals surface area (Å²) in [5.41, 5.74) is 41.8. The third-order valence-corrected chi connectivity index (χ3v) is 23.1. The fourth-order valence-electron chi connectivity index (χ4n) is 15.7. The predicted molar refractivity (Wildman–Crippen MR) is 520 cm³/mol. The Balaban J connectivity index is 0.000000119. The van der Waals surface area contributed by atoms with Crippen molar-refractivity contribution in [2.24, 2.45) is 0 Å². The Hall–Kier alpha value is -15.4. The maximum absolute atomic E-state index is 5.39. The standard InChI is InChI=1S/C33H33N3.3C27H21N3/c1-32(2,3)26-16-17-27(33(4,5)6)31-30(26)35-28(24-10-8-7-9-11-24)29(36-31)25-14-12-22(13-15-25)23-18-20-34-21-19-23;1-18-16-24-25(17-19(18)2)30-27(26(29-24)21-8-4-3-5-9-21)22-13-11-20(12-14-22)23-10-6-7-15-28-23;1-18-15-24-25(16-19(18)2)30-27(26(29-24)21-7-4-3-5-8-21)22-12-10-20(11-13-22)23-9-6-14-28-17-23;1-18-16-24-25(17-19(18)2)30-27(26(29-24)22-6-4-3-5-7-22)23-10-8-20(9-11-23)21-12-14-28-15-13-21/h7-21H,1-6H3;3*3-17H,1-2H3. The van der Waals surface area contributed by atoms with E-state index in [0.29, 0.717) is 0 Å². The van der Waals surface area contributed by atoms with Gasteiger partial charge in [0.25, 0.3) is 0 Å². The van der Waals surface area contributed by atoms with E-state index in [4.69, 9.17) is 39.9 Å². The molecule has 12 aromatic carbocycles. The molecular weight excluding hydrogens is 1540 g/mol. The lowest BCUT2D eigenvalue weighted by Gasteiger charge is -2.26. The summed E-state index contributed by atoms with van der Waals surface area (Å²) in [6.45, 7) is 26.2. The van der Waals surface area contributed by atoms with Crippen molar-refractivity contribution in [3.63, 3.8) is 0 Å². The smallest absolute Gasteiger partial charge is 0.0973 e. The number of aryl methyl sites for hydroxylation is 6. The summed E-state index contributed by atoms with van der Waals surface area (Å²) in [5.74, 6) is 0. The van der Waals surface area contributed by atoms with Gasteiger partial charge in [-0.1, -0.05) is 284 Å². The third-order valence-electron chi connectivity index (χ3n) is 23.1. The molecule has 0 radical (unpaired) electrons. The topological polar surface area (TPSA) is 155 Å². The van der Waals surface area contributed by atoms with Crippen LogP contribution in [-0.4, -0.2) is 59.8 Å². The van der Waals surface area contributed by atoms with Crippen molar-refractivity contribution < 1.29 is 0 Å². The summed E-state index contributed by atoms with van der Waals surface area (Å²) in [5, 5.41) is 0. The zero-order valence-electron chi connectivity index (χ0n) is 73.0. The molecule has 20 rings (SSSR count). The highest BCUT2D eigenvalue weighted by atomic mass is 14.9. The van der Waals surface area contributed by atoms with E-state index in [-0.39, 0.29) is 10.8 Å². The molecule has 0 bridgehead atoms.